The molecule has 1 aliphatic carbocycles. The Bertz CT molecular complexity index is 244. The van der Waals surface area contributed by atoms with E-state index in [0.29, 0.717) is 11.5 Å². The van der Waals surface area contributed by atoms with E-state index < -0.39 is 0 Å². The van der Waals surface area contributed by atoms with E-state index in [0.717, 1.165) is 12.5 Å². The Morgan fingerprint density at radius 3 is 2.55 bits per heavy atom. The molecule has 0 aromatic rings. The minimum Gasteiger partial charge on any atom is -0.316 e. The molecule has 0 aromatic carbocycles. The predicted octanol–water partition coefficient (Wildman–Crippen LogP) is 3.87. The molecule has 3 heteroatoms. The van der Waals surface area contributed by atoms with Gasteiger partial charge in [0.15, 0.2) is 0 Å². The third-order valence-electron chi connectivity index (χ3n) is 5.16. The molecule has 20 heavy (non-hydrogen) atoms. The van der Waals surface area contributed by atoms with Crippen molar-refractivity contribution in [1.82, 2.24) is 10.2 Å². The molecule has 1 atom stereocenters. The van der Waals surface area contributed by atoms with Crippen molar-refractivity contribution in [2.45, 2.75) is 58.9 Å². The molecule has 1 aliphatic rings. The molecular weight excluding hydrogens is 264 g/mol. The minimum absolute atomic E-state index is 0.519. The van der Waals surface area contributed by atoms with Crippen LogP contribution in [0.2, 0.25) is 0 Å². The molecule has 0 bridgehead atoms. The van der Waals surface area contributed by atoms with Gasteiger partial charge in [0.25, 0.3) is 0 Å². The summed E-state index contributed by atoms with van der Waals surface area (Å²) in [4.78, 5) is 2.61. The van der Waals surface area contributed by atoms with Crippen LogP contribution in [0.25, 0.3) is 0 Å². The van der Waals surface area contributed by atoms with E-state index in [1.54, 1.807) is 0 Å². The van der Waals surface area contributed by atoms with E-state index in [-0.39, 0.29) is 0 Å². The summed E-state index contributed by atoms with van der Waals surface area (Å²) >= 11 is 1.97. The normalized spacial score (nSPS) is 28.8. The fraction of sp³-hybridized carbons (Fsp3) is 1.00. The summed E-state index contributed by atoms with van der Waals surface area (Å²) in [5.74, 6) is 2.21. The Hall–Kier alpha value is 0.270. The first-order valence-electron chi connectivity index (χ1n) is 8.43. The third kappa shape index (κ3) is 5.95. The Labute approximate surface area is 131 Å². The van der Waals surface area contributed by atoms with E-state index in [1.807, 2.05) is 11.8 Å². The molecule has 1 rings (SSSR count). The van der Waals surface area contributed by atoms with Gasteiger partial charge in [0.1, 0.15) is 0 Å². The lowest BCUT2D eigenvalue weighted by atomic mass is 9.70. The molecule has 0 heterocycles. The Morgan fingerprint density at radius 1 is 1.35 bits per heavy atom. The topological polar surface area (TPSA) is 15.3 Å². The van der Waals surface area contributed by atoms with Gasteiger partial charge in [-0.2, -0.15) is 11.8 Å². The lowest BCUT2D eigenvalue weighted by Gasteiger charge is -2.43. The molecule has 1 fully saturated rings. The van der Waals surface area contributed by atoms with Crippen LogP contribution in [0.4, 0.5) is 0 Å². The monoisotopic (exact) mass is 300 g/mol. The first-order chi connectivity index (χ1) is 9.53. The minimum atomic E-state index is 0.519. The maximum atomic E-state index is 3.63. The molecule has 0 radical (unpaired) electrons. The number of rotatable bonds is 9. The second-order valence-corrected chi connectivity index (χ2v) is 7.99. The molecule has 120 valence electrons. The van der Waals surface area contributed by atoms with Crippen LogP contribution in [0.15, 0.2) is 0 Å². The highest BCUT2D eigenvalue weighted by atomic mass is 32.2. The summed E-state index contributed by atoms with van der Waals surface area (Å²) in [6, 6.07) is 0.709. The summed E-state index contributed by atoms with van der Waals surface area (Å²) in [5, 5.41) is 3.63. The fourth-order valence-corrected chi connectivity index (χ4v) is 3.93. The van der Waals surface area contributed by atoms with Crippen LogP contribution < -0.4 is 5.32 Å². The van der Waals surface area contributed by atoms with Crippen LogP contribution in [0.1, 0.15) is 52.9 Å². The van der Waals surface area contributed by atoms with Crippen molar-refractivity contribution in [2.24, 2.45) is 11.3 Å². The van der Waals surface area contributed by atoms with Crippen LogP contribution in [-0.4, -0.2) is 49.6 Å². The van der Waals surface area contributed by atoms with Gasteiger partial charge in [0, 0.05) is 19.1 Å². The molecule has 0 spiro atoms. The van der Waals surface area contributed by atoms with Gasteiger partial charge in [-0.05, 0) is 63.1 Å². The summed E-state index contributed by atoms with van der Waals surface area (Å²) in [7, 11) is 2.33. The molecule has 0 aromatic heterocycles. The Morgan fingerprint density at radius 2 is 2.00 bits per heavy atom. The van der Waals surface area contributed by atoms with Gasteiger partial charge in [-0.1, -0.05) is 26.7 Å². The molecule has 1 unspecified atom stereocenters. The summed E-state index contributed by atoms with van der Waals surface area (Å²) in [6.07, 6.45) is 9.16. The van der Waals surface area contributed by atoms with Crippen LogP contribution in [0.5, 0.6) is 0 Å². The fourth-order valence-electron chi connectivity index (χ4n) is 3.35. The highest BCUT2D eigenvalue weighted by molar-refractivity contribution is 7.98. The first-order valence-corrected chi connectivity index (χ1v) is 9.82. The second kappa shape index (κ2) is 9.32. The largest absolute Gasteiger partial charge is 0.316 e. The number of nitrogens with zero attached hydrogens (tertiary/aromatic N) is 1. The molecule has 2 nitrogen and oxygen atoms in total. The smallest absolute Gasteiger partial charge is 0.00719 e. The molecule has 0 aliphatic heterocycles. The van der Waals surface area contributed by atoms with Gasteiger partial charge in [-0.25, -0.2) is 0 Å². The Balaban J connectivity index is 2.55. The highest BCUT2D eigenvalue weighted by Crippen LogP contribution is 2.39. The molecule has 1 saturated carbocycles. The Kier molecular flexibility index (Phi) is 8.54. The third-order valence-corrected chi connectivity index (χ3v) is 5.81. The zero-order valence-electron chi connectivity index (χ0n) is 14.4. The van der Waals surface area contributed by atoms with Crippen LogP contribution >= 0.6 is 11.8 Å². The van der Waals surface area contributed by atoms with E-state index in [2.05, 4.69) is 44.3 Å². The van der Waals surface area contributed by atoms with Crippen molar-refractivity contribution in [1.29, 1.82) is 0 Å². The van der Waals surface area contributed by atoms with Gasteiger partial charge >= 0.3 is 0 Å². The standard InChI is InChI=1S/C17H36N2S/c1-6-18-13-17(10-7-15(2)8-11-17)14-19(4)16(3)9-12-20-5/h15-16,18H,6-14H2,1-5H3. The number of nitrogens with one attached hydrogen (secondary N) is 1. The lowest BCUT2D eigenvalue weighted by molar-refractivity contribution is 0.0819. The zero-order valence-corrected chi connectivity index (χ0v) is 15.2. The maximum absolute atomic E-state index is 3.63. The zero-order chi connectivity index (χ0) is 15.0. The summed E-state index contributed by atoms with van der Waals surface area (Å²) in [5.41, 5.74) is 0.519. The van der Waals surface area contributed by atoms with E-state index >= 15 is 0 Å². The number of hydrogen-bond acceptors (Lipinski definition) is 3. The van der Waals surface area contributed by atoms with Gasteiger partial charge in [0.2, 0.25) is 0 Å². The highest BCUT2D eigenvalue weighted by Gasteiger charge is 2.35. The summed E-state index contributed by atoms with van der Waals surface area (Å²) < 4.78 is 0. The average Bonchev–Trinajstić information content (AvgIpc) is 2.45. The van der Waals surface area contributed by atoms with Crippen molar-refractivity contribution < 1.29 is 0 Å². The van der Waals surface area contributed by atoms with Crippen LogP contribution in [0, 0.1) is 11.3 Å². The maximum Gasteiger partial charge on any atom is 0.00719 e. The molecule has 1 N–H and O–H groups in total. The average molecular weight is 301 g/mol. The number of hydrogen-bond donors (Lipinski definition) is 1. The molecular formula is C17H36N2S. The van der Waals surface area contributed by atoms with Gasteiger partial charge in [-0.3, -0.25) is 0 Å². The van der Waals surface area contributed by atoms with E-state index in [9.17, 15) is 0 Å². The predicted molar refractivity (Wildman–Crippen MR) is 93.7 cm³/mol. The van der Waals surface area contributed by atoms with E-state index in [1.165, 1.54) is 50.9 Å². The van der Waals surface area contributed by atoms with Crippen molar-refractivity contribution >= 4 is 11.8 Å². The van der Waals surface area contributed by atoms with Crippen LogP contribution in [-0.2, 0) is 0 Å². The summed E-state index contributed by atoms with van der Waals surface area (Å²) in [6.45, 7) is 10.6. The van der Waals surface area contributed by atoms with Gasteiger partial charge < -0.3 is 10.2 Å². The second-order valence-electron chi connectivity index (χ2n) is 7.01. The van der Waals surface area contributed by atoms with Crippen molar-refractivity contribution in [3.05, 3.63) is 0 Å². The van der Waals surface area contributed by atoms with Crippen LogP contribution in [0.3, 0.4) is 0 Å². The molecule has 0 saturated heterocycles. The van der Waals surface area contributed by atoms with Crippen molar-refractivity contribution in [3.8, 4) is 0 Å². The van der Waals surface area contributed by atoms with E-state index in [4.69, 9.17) is 0 Å². The molecule has 0 amide bonds. The lowest BCUT2D eigenvalue weighted by Crippen LogP contribution is -2.47. The van der Waals surface area contributed by atoms with Gasteiger partial charge in [-0.15, -0.1) is 0 Å². The SMILES string of the molecule is CCNCC1(CN(C)C(C)CCSC)CCC(C)CC1. The van der Waals surface area contributed by atoms with Crippen molar-refractivity contribution in [2.75, 3.05) is 38.7 Å². The first kappa shape index (κ1) is 18.3. The quantitative estimate of drug-likeness (QED) is 0.696. The van der Waals surface area contributed by atoms with Gasteiger partial charge in [0.05, 0.1) is 0 Å². The number of thioether (sulfide) groups is 1. The van der Waals surface area contributed by atoms with Crippen molar-refractivity contribution in [3.63, 3.8) is 0 Å².